The van der Waals surface area contributed by atoms with Crippen molar-refractivity contribution < 1.29 is 13.5 Å². The van der Waals surface area contributed by atoms with Crippen LogP contribution in [0.25, 0.3) is 27.7 Å². The third kappa shape index (κ3) is 5.26. The number of nitrogens with one attached hydrogen (secondary N) is 3. The van der Waals surface area contributed by atoms with Gasteiger partial charge in [0.05, 0.1) is 7.11 Å². The number of nitrogens with zero attached hydrogens (tertiary/aromatic N) is 2. The standard InChI is InChI=1S/C25H29F2N5OS/c1-3-8-34-32-6-4-19(5-7-32)29-14-17(12-28)16-9-21-22(15-31-25(21)30-13-16)20-10-18(26)11-23(27)24(20)33-2/h9-15,19,28-29H,3-8H2,1-2H3,(H,30,31)/b17-14+,28-12?. The van der Waals surface area contributed by atoms with Crippen molar-refractivity contribution in [3.8, 4) is 16.9 Å². The van der Waals surface area contributed by atoms with Crippen molar-refractivity contribution in [2.75, 3.05) is 26.0 Å². The van der Waals surface area contributed by atoms with Crippen molar-refractivity contribution in [1.82, 2.24) is 19.6 Å². The summed E-state index contributed by atoms with van der Waals surface area (Å²) in [4.78, 5) is 7.52. The van der Waals surface area contributed by atoms with E-state index in [9.17, 15) is 8.78 Å². The second kappa shape index (κ2) is 11.0. The number of ether oxygens (including phenoxy) is 1. The molecule has 0 unspecified atom stereocenters. The van der Waals surface area contributed by atoms with Crippen LogP contribution in [0.4, 0.5) is 8.78 Å². The van der Waals surface area contributed by atoms with Gasteiger partial charge in [0.15, 0.2) is 11.6 Å². The number of benzene rings is 1. The van der Waals surface area contributed by atoms with E-state index in [1.165, 1.54) is 25.8 Å². The Labute approximate surface area is 202 Å². The Morgan fingerprint density at radius 3 is 2.79 bits per heavy atom. The normalized spacial score (nSPS) is 15.6. The van der Waals surface area contributed by atoms with E-state index in [4.69, 9.17) is 10.1 Å². The molecule has 1 aliphatic heterocycles. The van der Waals surface area contributed by atoms with Gasteiger partial charge in [0.2, 0.25) is 0 Å². The Hall–Kier alpha value is -2.91. The first kappa shape index (κ1) is 24.2. The lowest BCUT2D eigenvalue weighted by Gasteiger charge is -2.31. The number of methoxy groups -OCH3 is 1. The molecule has 0 radical (unpaired) electrons. The second-order valence-electron chi connectivity index (χ2n) is 8.24. The Kier molecular flexibility index (Phi) is 7.84. The van der Waals surface area contributed by atoms with Crippen LogP contribution in [0, 0.1) is 17.0 Å². The average molecular weight is 486 g/mol. The van der Waals surface area contributed by atoms with Gasteiger partial charge >= 0.3 is 0 Å². The summed E-state index contributed by atoms with van der Waals surface area (Å²) < 4.78 is 35.9. The molecule has 0 amide bonds. The highest BCUT2D eigenvalue weighted by Gasteiger charge is 2.20. The molecule has 9 heteroatoms. The van der Waals surface area contributed by atoms with Gasteiger partial charge in [-0.25, -0.2) is 13.8 Å². The summed E-state index contributed by atoms with van der Waals surface area (Å²) in [5, 5.41) is 12.1. The highest BCUT2D eigenvalue weighted by atomic mass is 32.2. The lowest BCUT2D eigenvalue weighted by Crippen LogP contribution is -2.38. The fraction of sp³-hybridized carbons (Fsp3) is 0.360. The zero-order valence-corrected chi connectivity index (χ0v) is 20.1. The lowest BCUT2D eigenvalue weighted by molar-refractivity contribution is 0.325. The number of hydrogen-bond acceptors (Lipinski definition) is 6. The van der Waals surface area contributed by atoms with Crippen LogP contribution in [-0.2, 0) is 0 Å². The van der Waals surface area contributed by atoms with Crippen LogP contribution in [0.5, 0.6) is 5.75 Å². The average Bonchev–Trinajstić information content (AvgIpc) is 3.26. The zero-order valence-electron chi connectivity index (χ0n) is 19.3. The number of rotatable bonds is 9. The van der Waals surface area contributed by atoms with Crippen LogP contribution >= 0.6 is 11.9 Å². The second-order valence-corrected chi connectivity index (χ2v) is 9.42. The number of fused-ring (bicyclic) bond motifs is 1. The molecule has 180 valence electrons. The van der Waals surface area contributed by atoms with Gasteiger partial charge in [0.25, 0.3) is 0 Å². The molecule has 2 aromatic heterocycles. The van der Waals surface area contributed by atoms with E-state index >= 15 is 0 Å². The van der Waals surface area contributed by atoms with Crippen LogP contribution < -0.4 is 10.1 Å². The van der Waals surface area contributed by atoms with Crippen LogP contribution in [0.15, 0.2) is 36.8 Å². The molecule has 1 aromatic carbocycles. The fourth-order valence-electron chi connectivity index (χ4n) is 4.14. The zero-order chi connectivity index (χ0) is 24.1. The molecule has 0 atom stereocenters. The van der Waals surface area contributed by atoms with Gasteiger partial charge < -0.3 is 20.4 Å². The van der Waals surface area contributed by atoms with Crippen LogP contribution in [0.3, 0.4) is 0 Å². The van der Waals surface area contributed by atoms with Gasteiger partial charge in [-0.2, -0.15) is 0 Å². The van der Waals surface area contributed by atoms with Gasteiger partial charge in [0, 0.05) is 83.4 Å². The molecule has 4 rings (SSSR count). The van der Waals surface area contributed by atoms with E-state index in [1.807, 2.05) is 24.2 Å². The van der Waals surface area contributed by atoms with E-state index < -0.39 is 11.6 Å². The SMILES string of the molecule is CCCSN1CCC(N/C=C(\C=N)c2cnc3[nH]cc(-c4cc(F)cc(F)c4OC)c3c2)CC1. The summed E-state index contributed by atoms with van der Waals surface area (Å²) in [6.45, 7) is 4.28. The Balaban J connectivity index is 1.57. The Bertz CT molecular complexity index is 1190. The minimum Gasteiger partial charge on any atom is -0.493 e. The molecular weight excluding hydrogens is 456 g/mol. The number of aromatic amines is 1. The molecule has 3 aromatic rings. The van der Waals surface area contributed by atoms with E-state index in [-0.39, 0.29) is 5.75 Å². The van der Waals surface area contributed by atoms with E-state index in [2.05, 4.69) is 26.5 Å². The first-order valence-corrected chi connectivity index (χ1v) is 12.3. The summed E-state index contributed by atoms with van der Waals surface area (Å²) in [5.41, 5.74) is 2.88. The number of halogens is 2. The van der Waals surface area contributed by atoms with Gasteiger partial charge in [0.1, 0.15) is 11.5 Å². The number of aromatic nitrogens is 2. The van der Waals surface area contributed by atoms with Crippen molar-refractivity contribution in [3.05, 3.63) is 54.0 Å². The molecule has 3 N–H and O–H groups in total. The molecule has 0 spiro atoms. The number of hydrogen-bond donors (Lipinski definition) is 3. The lowest BCUT2D eigenvalue weighted by atomic mass is 10.0. The topological polar surface area (TPSA) is 77.0 Å². The molecule has 34 heavy (non-hydrogen) atoms. The molecule has 1 saturated heterocycles. The summed E-state index contributed by atoms with van der Waals surface area (Å²) in [6.07, 6.45) is 9.77. The molecule has 3 heterocycles. The van der Waals surface area contributed by atoms with E-state index in [0.29, 0.717) is 33.8 Å². The highest BCUT2D eigenvalue weighted by Crippen LogP contribution is 2.37. The number of allylic oxidation sites excluding steroid dienone is 1. The van der Waals surface area contributed by atoms with E-state index in [1.54, 1.807) is 12.4 Å². The molecule has 1 aliphatic rings. The van der Waals surface area contributed by atoms with Crippen LogP contribution in [0.2, 0.25) is 0 Å². The summed E-state index contributed by atoms with van der Waals surface area (Å²) in [5.74, 6) is -0.323. The van der Waals surface area contributed by atoms with Crippen LogP contribution in [-0.4, -0.2) is 52.5 Å². The Morgan fingerprint density at radius 2 is 2.09 bits per heavy atom. The van der Waals surface area contributed by atoms with Crippen molar-refractivity contribution >= 4 is 34.8 Å². The predicted molar refractivity (Wildman–Crippen MR) is 135 cm³/mol. The number of H-pyrrole nitrogens is 1. The van der Waals surface area contributed by atoms with Crippen molar-refractivity contribution in [3.63, 3.8) is 0 Å². The van der Waals surface area contributed by atoms with Crippen molar-refractivity contribution in [2.24, 2.45) is 0 Å². The van der Waals surface area contributed by atoms with Gasteiger partial charge in [-0.15, -0.1) is 0 Å². The maximum absolute atomic E-state index is 14.3. The molecule has 0 saturated carbocycles. The smallest absolute Gasteiger partial charge is 0.168 e. The molecule has 0 aliphatic carbocycles. The molecule has 0 bridgehead atoms. The third-order valence-electron chi connectivity index (χ3n) is 5.93. The van der Waals surface area contributed by atoms with Crippen molar-refractivity contribution in [2.45, 2.75) is 32.2 Å². The first-order chi connectivity index (χ1) is 16.5. The maximum Gasteiger partial charge on any atom is 0.168 e. The summed E-state index contributed by atoms with van der Waals surface area (Å²) in [6, 6.07) is 4.28. The fourth-order valence-corrected chi connectivity index (χ4v) is 5.05. The number of pyridine rings is 1. The van der Waals surface area contributed by atoms with Crippen molar-refractivity contribution in [1.29, 1.82) is 5.41 Å². The monoisotopic (exact) mass is 485 g/mol. The molecule has 1 fully saturated rings. The maximum atomic E-state index is 14.3. The third-order valence-corrected chi connectivity index (χ3v) is 7.25. The number of piperidine rings is 1. The summed E-state index contributed by atoms with van der Waals surface area (Å²) in [7, 11) is 1.35. The highest BCUT2D eigenvalue weighted by molar-refractivity contribution is 7.97. The van der Waals surface area contributed by atoms with Gasteiger partial charge in [-0.1, -0.05) is 18.9 Å². The minimum absolute atomic E-state index is 0.0272. The quantitative estimate of drug-likeness (QED) is 0.271. The molecule has 6 nitrogen and oxygen atoms in total. The van der Waals surface area contributed by atoms with Gasteiger partial charge in [-0.05, 0) is 31.4 Å². The Morgan fingerprint density at radius 1 is 1.29 bits per heavy atom. The predicted octanol–water partition coefficient (Wildman–Crippen LogP) is 5.62. The molecular formula is C25H29F2N5OS. The van der Waals surface area contributed by atoms with Gasteiger partial charge in [-0.3, -0.25) is 4.31 Å². The largest absolute Gasteiger partial charge is 0.493 e. The first-order valence-electron chi connectivity index (χ1n) is 11.4. The minimum atomic E-state index is -0.764. The summed E-state index contributed by atoms with van der Waals surface area (Å²) >= 11 is 1.92. The van der Waals surface area contributed by atoms with E-state index in [0.717, 1.165) is 43.3 Å². The van der Waals surface area contributed by atoms with Crippen LogP contribution in [0.1, 0.15) is 31.7 Å².